The van der Waals surface area contributed by atoms with Crippen LogP contribution in [0.5, 0.6) is 0 Å². The lowest BCUT2D eigenvalue weighted by Crippen LogP contribution is -2.51. The Morgan fingerprint density at radius 2 is 2.08 bits per heavy atom. The normalized spacial score (nSPS) is 19.9. The minimum absolute atomic E-state index is 0.161. The van der Waals surface area contributed by atoms with Crippen molar-refractivity contribution >= 4 is 33.2 Å². The van der Waals surface area contributed by atoms with Gasteiger partial charge < -0.3 is 4.90 Å². The fourth-order valence-electron chi connectivity index (χ4n) is 3.25. The van der Waals surface area contributed by atoms with Gasteiger partial charge in [-0.3, -0.25) is 9.10 Å². The van der Waals surface area contributed by atoms with Crippen LogP contribution in [0.4, 0.5) is 5.69 Å². The third-order valence-electron chi connectivity index (χ3n) is 4.44. The van der Waals surface area contributed by atoms with Gasteiger partial charge in [-0.25, -0.2) is 8.42 Å². The second-order valence-electron chi connectivity index (χ2n) is 6.70. The molecule has 1 saturated heterocycles. The summed E-state index contributed by atoms with van der Waals surface area (Å²) in [5.74, 6) is 0.279. The van der Waals surface area contributed by atoms with E-state index in [0.29, 0.717) is 29.7 Å². The molecule has 1 aromatic rings. The SMILES string of the molecule is Cc1ccc(Cl)cc1N([C@H](C)C(=O)N1CCC[C@@H](C)C1)S(C)(=O)=O. The number of piperidine rings is 1. The Bertz CT molecular complexity index is 721. The molecule has 7 heteroatoms. The van der Waals surface area contributed by atoms with Crippen molar-refractivity contribution in [3.63, 3.8) is 0 Å². The van der Waals surface area contributed by atoms with Crippen LogP contribution < -0.4 is 4.31 Å². The molecule has 2 rings (SSSR count). The van der Waals surface area contributed by atoms with Crippen molar-refractivity contribution in [2.45, 2.75) is 39.7 Å². The summed E-state index contributed by atoms with van der Waals surface area (Å²) in [7, 11) is -3.63. The molecule has 0 radical (unpaired) electrons. The first-order chi connectivity index (χ1) is 11.1. The van der Waals surface area contributed by atoms with Crippen LogP contribution in [0, 0.1) is 12.8 Å². The molecule has 1 aromatic carbocycles. The van der Waals surface area contributed by atoms with Crippen molar-refractivity contribution in [3.05, 3.63) is 28.8 Å². The molecule has 134 valence electrons. The molecule has 0 N–H and O–H groups in total. The van der Waals surface area contributed by atoms with E-state index < -0.39 is 16.1 Å². The molecule has 0 spiro atoms. The zero-order chi connectivity index (χ0) is 18.1. The molecule has 5 nitrogen and oxygen atoms in total. The molecule has 1 heterocycles. The number of aryl methyl sites for hydroxylation is 1. The molecular formula is C17H25ClN2O3S. The summed E-state index contributed by atoms with van der Waals surface area (Å²) < 4.78 is 26.0. The molecule has 1 aliphatic heterocycles. The van der Waals surface area contributed by atoms with Gasteiger partial charge in [-0.1, -0.05) is 24.6 Å². The van der Waals surface area contributed by atoms with Crippen molar-refractivity contribution in [3.8, 4) is 0 Å². The maximum atomic E-state index is 12.9. The second-order valence-corrected chi connectivity index (χ2v) is 8.99. The molecule has 0 bridgehead atoms. The lowest BCUT2D eigenvalue weighted by Gasteiger charge is -2.36. The van der Waals surface area contributed by atoms with E-state index in [1.54, 1.807) is 30.0 Å². The van der Waals surface area contributed by atoms with Gasteiger partial charge in [-0.15, -0.1) is 0 Å². The number of carbonyl (C=O) groups excluding carboxylic acids is 1. The Labute approximate surface area is 149 Å². The quantitative estimate of drug-likeness (QED) is 0.816. The Hall–Kier alpha value is -1.27. The van der Waals surface area contributed by atoms with Crippen molar-refractivity contribution in [2.24, 2.45) is 5.92 Å². The maximum Gasteiger partial charge on any atom is 0.246 e. The number of rotatable bonds is 4. The van der Waals surface area contributed by atoms with Crippen molar-refractivity contribution in [1.29, 1.82) is 0 Å². The van der Waals surface area contributed by atoms with E-state index in [9.17, 15) is 13.2 Å². The van der Waals surface area contributed by atoms with Gasteiger partial charge >= 0.3 is 0 Å². The fraction of sp³-hybridized carbons (Fsp3) is 0.588. The minimum atomic E-state index is -3.63. The number of benzene rings is 1. The first-order valence-electron chi connectivity index (χ1n) is 8.15. The molecule has 0 saturated carbocycles. The van der Waals surface area contributed by atoms with Crippen LogP contribution in [0.15, 0.2) is 18.2 Å². The highest BCUT2D eigenvalue weighted by Gasteiger charge is 2.34. The zero-order valence-electron chi connectivity index (χ0n) is 14.6. The van der Waals surface area contributed by atoms with Gasteiger partial charge in [0.15, 0.2) is 0 Å². The van der Waals surface area contributed by atoms with Crippen LogP contribution in [-0.2, 0) is 14.8 Å². The number of halogens is 1. The molecule has 0 unspecified atom stereocenters. The van der Waals surface area contributed by atoms with E-state index >= 15 is 0 Å². The van der Waals surface area contributed by atoms with Crippen LogP contribution in [0.1, 0.15) is 32.3 Å². The lowest BCUT2D eigenvalue weighted by molar-refractivity contribution is -0.133. The topological polar surface area (TPSA) is 57.7 Å². The second kappa shape index (κ2) is 7.31. The van der Waals surface area contributed by atoms with E-state index in [1.807, 2.05) is 6.92 Å². The summed E-state index contributed by atoms with van der Waals surface area (Å²) in [6.45, 7) is 6.92. The summed E-state index contributed by atoms with van der Waals surface area (Å²) in [4.78, 5) is 14.7. The summed E-state index contributed by atoms with van der Waals surface area (Å²) >= 11 is 6.05. The van der Waals surface area contributed by atoms with E-state index in [2.05, 4.69) is 6.92 Å². The largest absolute Gasteiger partial charge is 0.341 e. The molecule has 24 heavy (non-hydrogen) atoms. The van der Waals surface area contributed by atoms with Crippen LogP contribution >= 0.6 is 11.6 Å². The highest BCUT2D eigenvalue weighted by Crippen LogP contribution is 2.29. The highest BCUT2D eigenvalue weighted by atomic mass is 35.5. The van der Waals surface area contributed by atoms with E-state index in [0.717, 1.165) is 24.7 Å². The van der Waals surface area contributed by atoms with Gasteiger partial charge in [0.2, 0.25) is 15.9 Å². The smallest absolute Gasteiger partial charge is 0.246 e. The number of amides is 1. The lowest BCUT2D eigenvalue weighted by atomic mass is 9.99. The van der Waals surface area contributed by atoms with E-state index in [4.69, 9.17) is 11.6 Å². The predicted molar refractivity (Wildman–Crippen MR) is 98.0 cm³/mol. The number of likely N-dealkylation sites (tertiary alicyclic amines) is 1. The molecule has 1 aliphatic rings. The molecular weight excluding hydrogens is 348 g/mol. The van der Waals surface area contributed by atoms with Crippen LogP contribution in [0.2, 0.25) is 5.02 Å². The van der Waals surface area contributed by atoms with Gasteiger partial charge in [0.05, 0.1) is 11.9 Å². The Morgan fingerprint density at radius 1 is 1.42 bits per heavy atom. The highest BCUT2D eigenvalue weighted by molar-refractivity contribution is 7.92. The van der Waals surface area contributed by atoms with E-state index in [1.165, 1.54) is 4.31 Å². The molecule has 1 fully saturated rings. The maximum absolute atomic E-state index is 12.9. The number of anilines is 1. The number of hydrogen-bond acceptors (Lipinski definition) is 3. The van der Waals surface area contributed by atoms with E-state index in [-0.39, 0.29) is 5.91 Å². The fourth-order valence-corrected chi connectivity index (χ4v) is 4.63. The van der Waals surface area contributed by atoms with Crippen LogP contribution in [0.3, 0.4) is 0 Å². The number of sulfonamides is 1. The van der Waals surface area contributed by atoms with Gasteiger partial charge in [0.25, 0.3) is 0 Å². The summed E-state index contributed by atoms with van der Waals surface area (Å²) in [6, 6.07) is 4.26. The number of carbonyl (C=O) groups is 1. The molecule has 0 aromatic heterocycles. The third-order valence-corrected chi connectivity index (χ3v) is 5.91. The third kappa shape index (κ3) is 4.22. The Balaban J connectivity index is 2.38. The first-order valence-corrected chi connectivity index (χ1v) is 10.4. The molecule has 0 aliphatic carbocycles. The van der Waals surface area contributed by atoms with Gasteiger partial charge in [-0.2, -0.15) is 0 Å². The van der Waals surface area contributed by atoms with Crippen molar-refractivity contribution < 1.29 is 13.2 Å². The van der Waals surface area contributed by atoms with Crippen molar-refractivity contribution in [2.75, 3.05) is 23.7 Å². The van der Waals surface area contributed by atoms with Crippen LogP contribution in [0.25, 0.3) is 0 Å². The predicted octanol–water partition coefficient (Wildman–Crippen LogP) is 3.06. The monoisotopic (exact) mass is 372 g/mol. The van der Waals surface area contributed by atoms with Gasteiger partial charge in [0, 0.05) is 18.1 Å². The Morgan fingerprint density at radius 3 is 2.67 bits per heavy atom. The molecule has 2 atom stereocenters. The average molecular weight is 373 g/mol. The number of hydrogen-bond donors (Lipinski definition) is 0. The van der Waals surface area contributed by atoms with Crippen molar-refractivity contribution in [1.82, 2.24) is 4.90 Å². The van der Waals surface area contributed by atoms with Gasteiger partial charge in [0.1, 0.15) is 6.04 Å². The average Bonchev–Trinajstić information content (AvgIpc) is 2.48. The first kappa shape index (κ1) is 19.1. The Kier molecular flexibility index (Phi) is 5.81. The summed E-state index contributed by atoms with van der Waals surface area (Å²) in [5.41, 5.74) is 1.22. The standard InChI is InChI=1S/C17H25ClN2O3S/c1-12-6-5-9-19(11-12)17(21)14(3)20(24(4,22)23)16-10-15(18)8-7-13(16)2/h7-8,10,12,14H,5-6,9,11H2,1-4H3/t12-,14-/m1/s1. The minimum Gasteiger partial charge on any atom is -0.341 e. The zero-order valence-corrected chi connectivity index (χ0v) is 16.2. The summed E-state index contributed by atoms with van der Waals surface area (Å²) in [6.07, 6.45) is 3.17. The van der Waals surface area contributed by atoms with Gasteiger partial charge in [-0.05, 0) is 50.3 Å². The number of nitrogens with zero attached hydrogens (tertiary/aromatic N) is 2. The van der Waals surface area contributed by atoms with Crippen LogP contribution in [-0.4, -0.2) is 44.6 Å². The summed E-state index contributed by atoms with van der Waals surface area (Å²) in [5, 5.41) is 0.440. The molecule has 1 amide bonds.